The second-order valence-electron chi connectivity index (χ2n) is 9.89. The molecule has 0 aromatic heterocycles. The number of nitrogens with zero attached hydrogens (tertiary/aromatic N) is 4. The van der Waals surface area contributed by atoms with Gasteiger partial charge in [-0.05, 0) is 6.92 Å². The van der Waals surface area contributed by atoms with Gasteiger partial charge in [-0.25, -0.2) is 0 Å². The summed E-state index contributed by atoms with van der Waals surface area (Å²) in [6, 6.07) is 0. The first kappa shape index (κ1) is 39.7. The van der Waals surface area contributed by atoms with Gasteiger partial charge in [-0.2, -0.15) is 0 Å². The molecule has 0 saturated heterocycles. The maximum Gasteiger partial charge on any atom is 0.317 e. The summed E-state index contributed by atoms with van der Waals surface area (Å²) in [6.45, 7) is 3.38. The minimum Gasteiger partial charge on any atom is -0.480 e. The predicted molar refractivity (Wildman–Crippen MR) is 155 cm³/mol. The zero-order valence-corrected chi connectivity index (χ0v) is 24.8. The number of aliphatic carboxylic acids is 4. The van der Waals surface area contributed by atoms with Crippen LogP contribution in [0.5, 0.6) is 0 Å². The zero-order chi connectivity index (χ0) is 32.6. The summed E-state index contributed by atoms with van der Waals surface area (Å²) in [6.07, 6.45) is 0. The number of nitrogens with two attached hydrogens (primary N) is 1. The van der Waals surface area contributed by atoms with Crippen molar-refractivity contribution in [1.29, 1.82) is 0 Å². The highest BCUT2D eigenvalue weighted by atomic mass is 16.4. The summed E-state index contributed by atoms with van der Waals surface area (Å²) in [7, 11) is 0. The Balaban J connectivity index is 5.03. The molecule has 0 fully saturated rings. The molecule has 0 aliphatic carbocycles. The Morgan fingerprint density at radius 2 is 0.860 bits per heavy atom. The average molecular weight is 621 g/mol. The zero-order valence-electron chi connectivity index (χ0n) is 24.8. The fourth-order valence-corrected chi connectivity index (χ4v) is 3.97. The summed E-state index contributed by atoms with van der Waals surface area (Å²) in [5, 5.41) is 46.0. The van der Waals surface area contributed by atoms with Crippen molar-refractivity contribution < 1.29 is 49.2 Å². The van der Waals surface area contributed by atoms with Crippen LogP contribution in [0.2, 0.25) is 0 Å². The lowest BCUT2D eigenvalue weighted by atomic mass is 10.3. The van der Waals surface area contributed by atoms with Gasteiger partial charge in [0.05, 0.1) is 39.3 Å². The fraction of sp³-hybridized carbons (Fsp3) is 0.760. The van der Waals surface area contributed by atoms with E-state index in [0.29, 0.717) is 32.7 Å². The number of carbonyl (C=O) groups is 6. The second kappa shape index (κ2) is 24.2. The summed E-state index contributed by atoms with van der Waals surface area (Å²) in [4.78, 5) is 74.9. The smallest absolute Gasteiger partial charge is 0.317 e. The normalized spacial score (nSPS) is 11.4. The number of nitrogens with one attached hydrogen (secondary N) is 3. The van der Waals surface area contributed by atoms with Gasteiger partial charge in [0.15, 0.2) is 0 Å². The van der Waals surface area contributed by atoms with Crippen molar-refractivity contribution in [3.63, 3.8) is 0 Å². The minimum absolute atomic E-state index is 0.0575. The van der Waals surface area contributed by atoms with E-state index >= 15 is 0 Å². The number of hydrogen-bond donors (Lipinski definition) is 8. The number of rotatable bonds is 29. The molecule has 0 radical (unpaired) electrons. The van der Waals surface area contributed by atoms with E-state index in [1.807, 2.05) is 0 Å². The van der Waals surface area contributed by atoms with Crippen molar-refractivity contribution >= 4 is 35.6 Å². The standard InChI is InChI=1S/C25H48N8O10/c1-20(34)14-32(18-24(40)41)12-10-30(16-22(36)37)8-9-31(17-23(38)39)11-13-33(19-25(42)43)15-21(35)29-7-6-28-5-4-27-3-2-26/h27-28H,2-19,26H2,1H3,(H,29,35)(H,36,37)(H,38,39)(H,40,41)(H,42,43). The topological polar surface area (TPSA) is 258 Å². The Bertz CT molecular complexity index is 863. The van der Waals surface area contributed by atoms with Gasteiger partial charge in [0, 0.05) is 78.5 Å². The van der Waals surface area contributed by atoms with E-state index in [-0.39, 0.29) is 58.1 Å². The van der Waals surface area contributed by atoms with Gasteiger partial charge in [0.2, 0.25) is 5.91 Å². The van der Waals surface area contributed by atoms with E-state index in [2.05, 4.69) is 16.0 Å². The van der Waals surface area contributed by atoms with Crippen LogP contribution in [0.15, 0.2) is 0 Å². The monoisotopic (exact) mass is 620 g/mol. The summed E-state index contributed by atoms with van der Waals surface area (Å²) in [5.74, 6) is -5.22. The molecule has 0 aliphatic rings. The fourth-order valence-electron chi connectivity index (χ4n) is 3.97. The van der Waals surface area contributed by atoms with Crippen molar-refractivity contribution in [1.82, 2.24) is 35.6 Å². The summed E-state index contributed by atoms with van der Waals surface area (Å²) >= 11 is 0. The Kier molecular flexibility index (Phi) is 22.4. The van der Waals surface area contributed by atoms with Crippen molar-refractivity contribution in [2.24, 2.45) is 5.73 Å². The van der Waals surface area contributed by atoms with Gasteiger partial charge >= 0.3 is 23.9 Å². The van der Waals surface area contributed by atoms with Crippen LogP contribution in [-0.2, 0) is 28.8 Å². The number of carbonyl (C=O) groups excluding carboxylic acids is 2. The number of amides is 1. The Morgan fingerprint density at radius 3 is 1.26 bits per heavy atom. The molecule has 18 heteroatoms. The number of ketones is 1. The first-order valence-electron chi connectivity index (χ1n) is 14.0. The van der Waals surface area contributed by atoms with Gasteiger partial charge in [0.25, 0.3) is 0 Å². The first-order valence-corrected chi connectivity index (χ1v) is 14.0. The molecular formula is C25H48N8O10. The SMILES string of the molecule is CC(=O)CN(CCN(CCN(CCN(CC(=O)O)CC(=O)NCCNCCNCCN)CC(=O)O)CC(=O)O)CC(=O)O. The number of carboxylic acid groups (broad SMARTS) is 4. The molecule has 0 unspecified atom stereocenters. The molecule has 1 amide bonds. The van der Waals surface area contributed by atoms with Crippen LogP contribution in [0.25, 0.3) is 0 Å². The van der Waals surface area contributed by atoms with Crippen LogP contribution >= 0.6 is 0 Å². The molecule has 0 aliphatic heterocycles. The van der Waals surface area contributed by atoms with Crippen LogP contribution in [0, 0.1) is 0 Å². The molecule has 0 heterocycles. The molecule has 0 rings (SSSR count). The highest BCUT2D eigenvalue weighted by Gasteiger charge is 2.20. The van der Waals surface area contributed by atoms with Gasteiger partial charge in [-0.3, -0.25) is 48.4 Å². The molecule has 9 N–H and O–H groups in total. The van der Waals surface area contributed by atoms with Crippen LogP contribution < -0.4 is 21.7 Å². The van der Waals surface area contributed by atoms with E-state index in [0.717, 1.165) is 6.54 Å². The van der Waals surface area contributed by atoms with E-state index in [1.165, 1.54) is 26.5 Å². The highest BCUT2D eigenvalue weighted by Crippen LogP contribution is 1.99. The molecule has 43 heavy (non-hydrogen) atoms. The molecular weight excluding hydrogens is 572 g/mol. The largest absolute Gasteiger partial charge is 0.480 e. The van der Waals surface area contributed by atoms with Crippen molar-refractivity contribution in [2.45, 2.75) is 6.92 Å². The Morgan fingerprint density at radius 1 is 0.512 bits per heavy atom. The van der Waals surface area contributed by atoms with Gasteiger partial charge in [-0.15, -0.1) is 0 Å². The lowest BCUT2D eigenvalue weighted by molar-refractivity contribution is -0.141. The lowest BCUT2D eigenvalue weighted by Gasteiger charge is -2.29. The Labute approximate surface area is 251 Å². The molecule has 248 valence electrons. The summed E-state index contributed by atoms with van der Waals surface area (Å²) in [5.41, 5.74) is 5.39. The second-order valence-corrected chi connectivity index (χ2v) is 9.89. The van der Waals surface area contributed by atoms with Crippen molar-refractivity contribution in [3.05, 3.63) is 0 Å². The third-order valence-corrected chi connectivity index (χ3v) is 5.87. The third-order valence-electron chi connectivity index (χ3n) is 5.87. The quantitative estimate of drug-likeness (QED) is 0.0366. The van der Waals surface area contributed by atoms with E-state index < -0.39 is 56.0 Å². The molecule has 0 atom stereocenters. The average Bonchev–Trinajstić information content (AvgIpc) is 2.88. The van der Waals surface area contributed by atoms with Crippen LogP contribution in [0.1, 0.15) is 6.92 Å². The van der Waals surface area contributed by atoms with E-state index in [1.54, 1.807) is 0 Å². The maximum absolute atomic E-state index is 12.4. The minimum atomic E-state index is -1.16. The molecule has 0 aromatic rings. The van der Waals surface area contributed by atoms with Gasteiger partial charge in [-0.1, -0.05) is 0 Å². The molecule has 0 bridgehead atoms. The molecule has 0 saturated carbocycles. The number of Topliss-reactive ketones (excluding diaryl/α,β-unsaturated/α-hetero) is 1. The first-order chi connectivity index (χ1) is 20.3. The van der Waals surface area contributed by atoms with Gasteiger partial charge < -0.3 is 42.1 Å². The molecule has 0 aromatic carbocycles. The van der Waals surface area contributed by atoms with E-state index in [9.17, 15) is 44.1 Å². The van der Waals surface area contributed by atoms with Crippen LogP contribution in [-0.4, -0.2) is 193 Å². The highest BCUT2D eigenvalue weighted by molar-refractivity contribution is 5.79. The number of hydrogen-bond acceptors (Lipinski definition) is 13. The van der Waals surface area contributed by atoms with Crippen molar-refractivity contribution in [3.8, 4) is 0 Å². The van der Waals surface area contributed by atoms with Crippen LogP contribution in [0.3, 0.4) is 0 Å². The lowest BCUT2D eigenvalue weighted by Crippen LogP contribution is -2.47. The number of carboxylic acids is 4. The van der Waals surface area contributed by atoms with E-state index in [4.69, 9.17) is 10.8 Å². The third kappa shape index (κ3) is 25.0. The summed E-state index contributed by atoms with van der Waals surface area (Å²) < 4.78 is 0. The van der Waals surface area contributed by atoms with Gasteiger partial charge in [0.1, 0.15) is 5.78 Å². The van der Waals surface area contributed by atoms with Crippen LogP contribution in [0.4, 0.5) is 0 Å². The molecule has 18 nitrogen and oxygen atoms in total. The maximum atomic E-state index is 12.4. The predicted octanol–water partition coefficient (Wildman–Crippen LogP) is -4.62. The molecule has 0 spiro atoms. The van der Waals surface area contributed by atoms with Crippen molar-refractivity contribution in [2.75, 3.05) is 118 Å². The Hall–Kier alpha value is -3.26.